The first-order valence-corrected chi connectivity index (χ1v) is 10.8. The van der Waals surface area contributed by atoms with Gasteiger partial charge in [0.2, 0.25) is 10.0 Å². The van der Waals surface area contributed by atoms with Gasteiger partial charge >= 0.3 is 0 Å². The highest BCUT2D eigenvalue weighted by atomic mass is 32.2. The lowest BCUT2D eigenvalue weighted by molar-refractivity contribution is 0.133. The predicted octanol–water partition coefficient (Wildman–Crippen LogP) is 3.14. The summed E-state index contributed by atoms with van der Waals surface area (Å²) in [5.74, 6) is 0.122. The van der Waals surface area contributed by atoms with Gasteiger partial charge in [-0.25, -0.2) is 8.42 Å². The molecule has 2 N–H and O–H groups in total. The maximum Gasteiger partial charge on any atom is 0.243 e. The maximum atomic E-state index is 13.1. The second kappa shape index (κ2) is 10.4. The highest BCUT2D eigenvalue weighted by Gasteiger charge is 2.27. The summed E-state index contributed by atoms with van der Waals surface area (Å²) >= 11 is 0. The Hall–Kier alpha value is -2.22. The minimum Gasteiger partial charge on any atom is -0.411 e. The van der Waals surface area contributed by atoms with Gasteiger partial charge in [-0.2, -0.15) is 4.31 Å². The number of hydrogen-bond donors (Lipinski definition) is 2. The van der Waals surface area contributed by atoms with E-state index >= 15 is 0 Å². The average Bonchev–Trinajstić information content (AvgIpc) is 2.67. The summed E-state index contributed by atoms with van der Waals surface area (Å²) in [5.41, 5.74) is 1.71. The third-order valence-corrected chi connectivity index (χ3v) is 6.16. The fraction of sp³-hybridized carbons (Fsp3) is 0.381. The number of oxime groups is 1. The van der Waals surface area contributed by atoms with Crippen molar-refractivity contribution in [1.29, 1.82) is 0 Å². The topological polar surface area (TPSA) is 90.2 Å². The van der Waals surface area contributed by atoms with Crippen LogP contribution in [0.2, 0.25) is 0 Å². The van der Waals surface area contributed by atoms with Gasteiger partial charge in [0.1, 0.15) is 0 Å². The Bertz CT molecular complexity index is 850. The number of aryl methyl sites for hydroxylation is 1. The van der Waals surface area contributed by atoms with Crippen LogP contribution < -0.4 is 0 Å². The number of rotatable bonds is 10. The van der Waals surface area contributed by atoms with Gasteiger partial charge in [0.05, 0.1) is 17.2 Å². The van der Waals surface area contributed by atoms with Crippen LogP contribution in [-0.2, 0) is 16.4 Å². The molecular formula is C21H28N2O4S. The van der Waals surface area contributed by atoms with Gasteiger partial charge in [-0.05, 0) is 42.0 Å². The molecule has 0 aromatic heterocycles. The second-order valence-electron chi connectivity index (χ2n) is 7.21. The van der Waals surface area contributed by atoms with Gasteiger partial charge in [-0.15, -0.1) is 0 Å². The Kier molecular flexibility index (Phi) is 8.17. The number of aliphatic hydroxyl groups is 1. The maximum absolute atomic E-state index is 13.1. The van der Waals surface area contributed by atoms with Crippen LogP contribution in [0.15, 0.2) is 64.6 Å². The largest absolute Gasteiger partial charge is 0.411 e. The van der Waals surface area contributed by atoms with Crippen LogP contribution in [-0.4, -0.2) is 48.4 Å². The number of benzene rings is 2. The zero-order chi connectivity index (χ0) is 20.6. The molecule has 1 atom stereocenters. The zero-order valence-corrected chi connectivity index (χ0v) is 17.1. The van der Waals surface area contributed by atoms with Crippen LogP contribution in [0, 0.1) is 5.92 Å². The van der Waals surface area contributed by atoms with Crippen molar-refractivity contribution in [3.8, 4) is 0 Å². The van der Waals surface area contributed by atoms with E-state index in [0.29, 0.717) is 24.9 Å². The van der Waals surface area contributed by atoms with E-state index in [4.69, 9.17) is 5.21 Å². The Labute approximate surface area is 167 Å². The van der Waals surface area contributed by atoms with E-state index in [-0.39, 0.29) is 17.4 Å². The standard InChI is InChI=1S/C21H28N2O4S/c1-17(2)15-23(16-20(24)11-8-18-6-4-3-5-7-18)28(26,27)21-12-9-19(10-13-21)14-22-25/h3-7,9-10,12-14,17,20,24-25H,8,11,15-16H2,1-2H3/t20-/m1/s1. The lowest BCUT2D eigenvalue weighted by atomic mass is 10.1. The third-order valence-electron chi connectivity index (χ3n) is 4.32. The summed E-state index contributed by atoms with van der Waals surface area (Å²) < 4.78 is 27.5. The minimum absolute atomic E-state index is 0.0488. The molecule has 0 amide bonds. The molecule has 152 valence electrons. The molecule has 0 heterocycles. The Balaban J connectivity index is 2.12. The van der Waals surface area contributed by atoms with Gasteiger partial charge in [0.15, 0.2) is 0 Å². The van der Waals surface area contributed by atoms with Gasteiger partial charge in [-0.3, -0.25) is 0 Å². The smallest absolute Gasteiger partial charge is 0.243 e. The van der Waals surface area contributed by atoms with Crippen LogP contribution in [0.25, 0.3) is 0 Å². The molecule has 0 aliphatic heterocycles. The number of aliphatic hydroxyl groups excluding tert-OH is 1. The second-order valence-corrected chi connectivity index (χ2v) is 9.15. The van der Waals surface area contributed by atoms with Gasteiger partial charge in [0, 0.05) is 13.1 Å². The molecular weight excluding hydrogens is 376 g/mol. The molecule has 0 spiro atoms. The summed E-state index contributed by atoms with van der Waals surface area (Å²) in [6.07, 6.45) is 1.65. The number of nitrogens with zero attached hydrogens (tertiary/aromatic N) is 2. The number of hydrogen-bond acceptors (Lipinski definition) is 5. The van der Waals surface area contributed by atoms with E-state index in [2.05, 4.69) is 5.16 Å². The van der Waals surface area contributed by atoms with Crippen molar-refractivity contribution in [3.63, 3.8) is 0 Å². The molecule has 2 aromatic rings. The van der Waals surface area contributed by atoms with Crippen LogP contribution in [0.3, 0.4) is 0 Å². The van der Waals surface area contributed by atoms with Crippen LogP contribution in [0.1, 0.15) is 31.4 Å². The molecule has 0 saturated carbocycles. The van der Waals surface area contributed by atoms with E-state index in [9.17, 15) is 13.5 Å². The first-order chi connectivity index (χ1) is 13.3. The van der Waals surface area contributed by atoms with E-state index in [1.54, 1.807) is 12.1 Å². The molecule has 0 saturated heterocycles. The molecule has 0 aliphatic carbocycles. The Morgan fingerprint density at radius 2 is 1.68 bits per heavy atom. The van der Waals surface area contributed by atoms with E-state index in [0.717, 1.165) is 5.56 Å². The molecule has 2 aromatic carbocycles. The van der Waals surface area contributed by atoms with Crippen molar-refractivity contribution in [1.82, 2.24) is 4.31 Å². The quantitative estimate of drug-likeness (QED) is 0.362. The highest BCUT2D eigenvalue weighted by molar-refractivity contribution is 7.89. The fourth-order valence-electron chi connectivity index (χ4n) is 2.92. The van der Waals surface area contributed by atoms with Crippen molar-refractivity contribution in [2.75, 3.05) is 13.1 Å². The number of sulfonamides is 1. The molecule has 0 aliphatic rings. The van der Waals surface area contributed by atoms with Crippen LogP contribution in [0.4, 0.5) is 0 Å². The van der Waals surface area contributed by atoms with Gasteiger partial charge in [-0.1, -0.05) is 61.5 Å². The lowest BCUT2D eigenvalue weighted by Crippen LogP contribution is -2.40. The van der Waals surface area contributed by atoms with Crippen LogP contribution >= 0.6 is 0 Å². The normalized spacial score (nSPS) is 13.5. The molecule has 0 bridgehead atoms. The summed E-state index contributed by atoms with van der Waals surface area (Å²) in [6.45, 7) is 4.26. The molecule has 2 rings (SSSR count). The van der Waals surface area contributed by atoms with Crippen molar-refractivity contribution >= 4 is 16.2 Å². The van der Waals surface area contributed by atoms with E-state index < -0.39 is 16.1 Å². The zero-order valence-electron chi connectivity index (χ0n) is 16.3. The first-order valence-electron chi connectivity index (χ1n) is 9.32. The van der Waals surface area contributed by atoms with Gasteiger partial charge < -0.3 is 10.3 Å². The summed E-state index contributed by atoms with van der Waals surface area (Å²) in [5, 5.41) is 22.0. The molecule has 0 radical (unpaired) electrons. The van der Waals surface area contributed by atoms with Gasteiger partial charge in [0.25, 0.3) is 0 Å². The van der Waals surface area contributed by atoms with Crippen molar-refractivity contribution in [2.45, 2.75) is 37.7 Å². The lowest BCUT2D eigenvalue weighted by Gasteiger charge is -2.26. The molecule has 0 fully saturated rings. The summed E-state index contributed by atoms with van der Waals surface area (Å²) in [4.78, 5) is 0.151. The highest BCUT2D eigenvalue weighted by Crippen LogP contribution is 2.19. The predicted molar refractivity (Wildman–Crippen MR) is 110 cm³/mol. The van der Waals surface area contributed by atoms with E-state index in [1.807, 2.05) is 44.2 Å². The molecule has 28 heavy (non-hydrogen) atoms. The van der Waals surface area contributed by atoms with Crippen molar-refractivity contribution in [2.24, 2.45) is 11.1 Å². The monoisotopic (exact) mass is 404 g/mol. The summed E-state index contributed by atoms with van der Waals surface area (Å²) in [6, 6.07) is 15.9. The fourth-order valence-corrected chi connectivity index (χ4v) is 4.56. The molecule has 0 unspecified atom stereocenters. The first kappa shape index (κ1) is 22.1. The Morgan fingerprint density at radius 1 is 1.04 bits per heavy atom. The Morgan fingerprint density at radius 3 is 2.25 bits per heavy atom. The van der Waals surface area contributed by atoms with Crippen molar-refractivity contribution in [3.05, 3.63) is 65.7 Å². The van der Waals surface area contributed by atoms with Crippen molar-refractivity contribution < 1.29 is 18.7 Å². The average molecular weight is 405 g/mol. The molecule has 7 heteroatoms. The SMILES string of the molecule is CC(C)CN(C[C@H](O)CCc1ccccc1)S(=O)(=O)c1ccc(C=NO)cc1. The molecule has 6 nitrogen and oxygen atoms in total. The summed E-state index contributed by atoms with van der Waals surface area (Å²) in [7, 11) is -3.74. The third kappa shape index (κ3) is 6.44. The van der Waals surface area contributed by atoms with Crippen LogP contribution in [0.5, 0.6) is 0 Å². The minimum atomic E-state index is -3.74. The van der Waals surface area contributed by atoms with E-state index in [1.165, 1.54) is 22.7 Å².